The maximum absolute atomic E-state index is 5.28. The van der Waals surface area contributed by atoms with Crippen LogP contribution in [0.15, 0.2) is 218 Å². The summed E-state index contributed by atoms with van der Waals surface area (Å²) >= 11 is 0. The molecule has 0 saturated heterocycles. The van der Waals surface area contributed by atoms with Gasteiger partial charge in [0.25, 0.3) is 0 Å². The number of hydrogen-bond acceptors (Lipinski definition) is 3. The first-order valence-electron chi connectivity index (χ1n) is 19.7. The van der Waals surface area contributed by atoms with Gasteiger partial charge < -0.3 is 9.47 Å². The van der Waals surface area contributed by atoms with Crippen molar-refractivity contribution >= 4 is 60.5 Å². The van der Waals surface area contributed by atoms with Gasteiger partial charge in [0, 0.05) is 49.7 Å². The Morgan fingerprint density at radius 1 is 0.362 bits per heavy atom. The average molecular weight is 741 g/mol. The zero-order valence-corrected chi connectivity index (χ0v) is 31.6. The first-order chi connectivity index (χ1) is 28.8. The Labute approximate surface area is 336 Å². The van der Waals surface area contributed by atoms with E-state index in [9.17, 15) is 0 Å². The minimum absolute atomic E-state index is 0.704. The molecule has 11 rings (SSSR count). The number of aromatic nitrogens is 3. The lowest BCUT2D eigenvalue weighted by molar-refractivity contribution is 1.17. The van der Waals surface area contributed by atoms with Crippen LogP contribution < -0.4 is 4.90 Å². The molecule has 4 nitrogen and oxygen atoms in total. The van der Waals surface area contributed by atoms with Gasteiger partial charge in [0.15, 0.2) is 5.82 Å². The molecule has 4 heteroatoms. The van der Waals surface area contributed by atoms with E-state index in [1.165, 1.54) is 27.3 Å². The van der Waals surface area contributed by atoms with Crippen LogP contribution in [0.5, 0.6) is 0 Å². The lowest BCUT2D eigenvalue weighted by atomic mass is 10.0. The van der Waals surface area contributed by atoms with Crippen molar-refractivity contribution in [2.24, 2.45) is 0 Å². The van der Waals surface area contributed by atoms with Crippen molar-refractivity contribution in [1.29, 1.82) is 0 Å². The van der Waals surface area contributed by atoms with E-state index in [0.29, 0.717) is 5.82 Å². The quantitative estimate of drug-likeness (QED) is 0.163. The molecule has 0 aliphatic carbocycles. The van der Waals surface area contributed by atoms with Crippen molar-refractivity contribution in [3.8, 4) is 39.5 Å². The first-order valence-corrected chi connectivity index (χ1v) is 19.7. The Bertz CT molecular complexity index is 3270. The molecule has 58 heavy (non-hydrogen) atoms. The number of anilines is 3. The fraction of sp³-hybridized carbons (Fsp3) is 0. The molecule has 11 aromatic rings. The molecule has 2 heterocycles. The third-order valence-electron chi connectivity index (χ3n) is 11.2. The molecule has 0 aliphatic rings. The second-order valence-corrected chi connectivity index (χ2v) is 14.6. The second kappa shape index (κ2) is 14.0. The number of rotatable bonds is 7. The van der Waals surface area contributed by atoms with Gasteiger partial charge >= 0.3 is 0 Å². The summed E-state index contributed by atoms with van der Waals surface area (Å²) in [6.07, 6.45) is 0. The number of para-hydroxylation sites is 3. The predicted molar refractivity (Wildman–Crippen MR) is 242 cm³/mol. The molecule has 0 unspecified atom stereocenters. The summed E-state index contributed by atoms with van der Waals surface area (Å²) in [5.41, 5.74) is 12.9. The van der Waals surface area contributed by atoms with E-state index in [1.807, 2.05) is 12.1 Å². The second-order valence-electron chi connectivity index (χ2n) is 14.6. The summed E-state index contributed by atoms with van der Waals surface area (Å²) < 4.78 is 2.38. The van der Waals surface area contributed by atoms with E-state index >= 15 is 0 Å². The van der Waals surface area contributed by atoms with Crippen LogP contribution in [-0.4, -0.2) is 14.5 Å². The Hall–Kier alpha value is -7.82. The van der Waals surface area contributed by atoms with Crippen LogP contribution in [0.1, 0.15) is 0 Å². The van der Waals surface area contributed by atoms with Crippen molar-refractivity contribution in [2.45, 2.75) is 0 Å². The van der Waals surface area contributed by atoms with Gasteiger partial charge in [0.1, 0.15) is 0 Å². The van der Waals surface area contributed by atoms with Crippen LogP contribution in [0.3, 0.4) is 0 Å². The minimum Gasteiger partial charge on any atom is -0.310 e. The highest BCUT2D eigenvalue weighted by Crippen LogP contribution is 2.41. The van der Waals surface area contributed by atoms with Crippen LogP contribution in [0.25, 0.3) is 82.9 Å². The number of benzene rings is 9. The summed E-state index contributed by atoms with van der Waals surface area (Å²) in [5, 5.41) is 5.77. The molecule has 9 aromatic carbocycles. The third-order valence-corrected chi connectivity index (χ3v) is 11.2. The lowest BCUT2D eigenvalue weighted by Crippen LogP contribution is -2.11. The topological polar surface area (TPSA) is 34.0 Å². The van der Waals surface area contributed by atoms with Crippen LogP contribution in [0.2, 0.25) is 0 Å². The smallest absolute Gasteiger partial charge is 0.160 e. The Kier molecular flexibility index (Phi) is 8.11. The fourth-order valence-corrected chi connectivity index (χ4v) is 8.45. The van der Waals surface area contributed by atoms with Gasteiger partial charge in [0.05, 0.1) is 27.9 Å². The zero-order chi connectivity index (χ0) is 38.4. The molecule has 0 saturated carbocycles. The van der Waals surface area contributed by atoms with Gasteiger partial charge in [-0.2, -0.15) is 0 Å². The van der Waals surface area contributed by atoms with E-state index < -0.39 is 0 Å². The summed E-state index contributed by atoms with van der Waals surface area (Å²) in [6, 6.07) is 77.5. The number of fused-ring (bicyclic) bond motifs is 5. The van der Waals surface area contributed by atoms with Crippen LogP contribution in [-0.2, 0) is 0 Å². The van der Waals surface area contributed by atoms with Crippen molar-refractivity contribution in [3.63, 3.8) is 0 Å². The summed E-state index contributed by atoms with van der Waals surface area (Å²) in [5.74, 6) is 0.704. The molecule has 0 fully saturated rings. The predicted octanol–water partition coefficient (Wildman–Crippen LogP) is 14.4. The van der Waals surface area contributed by atoms with Crippen molar-refractivity contribution in [2.75, 3.05) is 4.90 Å². The van der Waals surface area contributed by atoms with Crippen molar-refractivity contribution in [1.82, 2.24) is 14.5 Å². The standard InChI is InChI=1S/C54H36N4/c1-3-15-37(16-4-1)38-29-31-40(32-30-38)53-47-25-9-11-26-49(47)55-54(56-53)41-33-34-52-48(35-41)46-24-10-12-27-51(46)58(52)44-22-14-21-43(36-44)57(42-19-5-2-6-20-42)50-28-13-18-39-17-7-8-23-45(39)50/h1-36H. The molecule has 0 amide bonds. The molecular weight excluding hydrogens is 705 g/mol. The molecule has 0 bridgehead atoms. The molecule has 0 radical (unpaired) electrons. The molecule has 0 spiro atoms. The highest BCUT2D eigenvalue weighted by atomic mass is 15.1. The number of nitrogens with zero attached hydrogens (tertiary/aromatic N) is 4. The maximum Gasteiger partial charge on any atom is 0.160 e. The Morgan fingerprint density at radius 3 is 1.81 bits per heavy atom. The van der Waals surface area contributed by atoms with E-state index in [4.69, 9.17) is 9.97 Å². The van der Waals surface area contributed by atoms with Gasteiger partial charge in [-0.1, -0.05) is 152 Å². The Balaban J connectivity index is 1.05. The van der Waals surface area contributed by atoms with Gasteiger partial charge in [-0.3, -0.25) is 0 Å². The van der Waals surface area contributed by atoms with E-state index in [-0.39, 0.29) is 0 Å². The monoisotopic (exact) mass is 740 g/mol. The van der Waals surface area contributed by atoms with Gasteiger partial charge in [-0.05, 0) is 83.2 Å². The van der Waals surface area contributed by atoms with Crippen LogP contribution >= 0.6 is 0 Å². The highest BCUT2D eigenvalue weighted by Gasteiger charge is 2.19. The maximum atomic E-state index is 5.28. The van der Waals surface area contributed by atoms with Crippen molar-refractivity contribution < 1.29 is 0 Å². The fourth-order valence-electron chi connectivity index (χ4n) is 8.45. The summed E-state index contributed by atoms with van der Waals surface area (Å²) in [7, 11) is 0. The summed E-state index contributed by atoms with van der Waals surface area (Å²) in [6.45, 7) is 0. The normalized spacial score (nSPS) is 11.4. The van der Waals surface area contributed by atoms with E-state index in [1.54, 1.807) is 0 Å². The highest BCUT2D eigenvalue weighted by molar-refractivity contribution is 6.10. The van der Waals surface area contributed by atoms with Gasteiger partial charge in [0.2, 0.25) is 0 Å². The van der Waals surface area contributed by atoms with E-state index in [2.05, 4.69) is 216 Å². The van der Waals surface area contributed by atoms with Gasteiger partial charge in [-0.25, -0.2) is 9.97 Å². The summed E-state index contributed by atoms with van der Waals surface area (Å²) in [4.78, 5) is 12.8. The molecular formula is C54H36N4. The molecule has 2 aromatic heterocycles. The zero-order valence-electron chi connectivity index (χ0n) is 31.6. The molecule has 0 N–H and O–H groups in total. The minimum atomic E-state index is 0.704. The molecule has 0 atom stereocenters. The van der Waals surface area contributed by atoms with Crippen LogP contribution in [0, 0.1) is 0 Å². The van der Waals surface area contributed by atoms with Crippen LogP contribution in [0.4, 0.5) is 17.1 Å². The first kappa shape index (κ1) is 33.5. The third kappa shape index (κ3) is 5.78. The van der Waals surface area contributed by atoms with Gasteiger partial charge in [-0.15, -0.1) is 0 Å². The largest absolute Gasteiger partial charge is 0.310 e. The Morgan fingerprint density at radius 2 is 0.966 bits per heavy atom. The SMILES string of the molecule is c1ccc(-c2ccc(-c3nc(-c4ccc5c(c4)c4ccccc4n5-c4cccc(N(c5ccccc5)c5cccc6ccccc56)c4)nc4ccccc34)cc2)cc1. The molecule has 272 valence electrons. The lowest BCUT2D eigenvalue weighted by Gasteiger charge is -2.27. The number of hydrogen-bond donors (Lipinski definition) is 0. The van der Waals surface area contributed by atoms with Crippen molar-refractivity contribution in [3.05, 3.63) is 218 Å². The average Bonchev–Trinajstić information content (AvgIpc) is 3.63. The van der Waals surface area contributed by atoms with E-state index in [0.717, 1.165) is 66.9 Å². The molecule has 0 aliphatic heterocycles.